The molecule has 2 amide bonds. The van der Waals surface area contributed by atoms with E-state index in [-0.39, 0.29) is 18.4 Å². The van der Waals surface area contributed by atoms with Crippen molar-refractivity contribution >= 4 is 23.5 Å². The van der Waals surface area contributed by atoms with E-state index in [1.54, 1.807) is 25.1 Å². The summed E-state index contributed by atoms with van der Waals surface area (Å²) in [7, 11) is 0. The Morgan fingerprint density at radius 2 is 2.00 bits per heavy atom. The minimum Gasteiger partial charge on any atom is -0.481 e. The number of urea groups is 1. The van der Waals surface area contributed by atoms with Crippen LogP contribution in [0.15, 0.2) is 18.2 Å². The zero-order chi connectivity index (χ0) is 16.5. The van der Waals surface area contributed by atoms with Crippen molar-refractivity contribution in [2.45, 2.75) is 27.2 Å². The number of ketones is 1. The van der Waals surface area contributed by atoms with E-state index in [9.17, 15) is 19.5 Å². The lowest BCUT2D eigenvalue weighted by atomic mass is 9.90. The number of rotatable bonds is 3. The van der Waals surface area contributed by atoms with Crippen LogP contribution in [0, 0.1) is 12.3 Å². The number of likely N-dealkylation sites (tertiary alicyclic amines) is 1. The van der Waals surface area contributed by atoms with Gasteiger partial charge in [0.05, 0.1) is 5.41 Å². The summed E-state index contributed by atoms with van der Waals surface area (Å²) in [5.41, 5.74) is 1.13. The highest BCUT2D eigenvalue weighted by atomic mass is 16.4. The van der Waals surface area contributed by atoms with E-state index in [1.807, 2.05) is 6.92 Å². The lowest BCUT2D eigenvalue weighted by molar-refractivity contribution is -0.146. The summed E-state index contributed by atoms with van der Waals surface area (Å²) in [6.07, 6.45) is 0.443. The first kappa shape index (κ1) is 16.0. The van der Waals surface area contributed by atoms with Crippen LogP contribution in [0.2, 0.25) is 0 Å². The van der Waals surface area contributed by atoms with Crippen LogP contribution in [-0.4, -0.2) is 40.9 Å². The van der Waals surface area contributed by atoms with Crippen LogP contribution < -0.4 is 5.32 Å². The lowest BCUT2D eigenvalue weighted by Gasteiger charge is -2.20. The van der Waals surface area contributed by atoms with Gasteiger partial charge in [0.1, 0.15) is 0 Å². The first-order valence-corrected chi connectivity index (χ1v) is 7.14. The number of anilines is 1. The molecule has 1 fully saturated rings. The predicted octanol–water partition coefficient (Wildman–Crippen LogP) is 2.53. The molecule has 2 rings (SSSR count). The van der Waals surface area contributed by atoms with Crippen molar-refractivity contribution in [2.24, 2.45) is 5.41 Å². The van der Waals surface area contributed by atoms with E-state index in [4.69, 9.17) is 0 Å². The Kier molecular flexibility index (Phi) is 4.21. The molecule has 1 saturated heterocycles. The average Bonchev–Trinajstić information content (AvgIpc) is 2.82. The van der Waals surface area contributed by atoms with Crippen LogP contribution in [0.5, 0.6) is 0 Å². The van der Waals surface area contributed by atoms with Crippen molar-refractivity contribution in [1.29, 1.82) is 0 Å². The van der Waals surface area contributed by atoms with Gasteiger partial charge in [-0.25, -0.2) is 4.79 Å². The molecule has 0 bridgehead atoms. The quantitative estimate of drug-likeness (QED) is 0.840. The monoisotopic (exact) mass is 304 g/mol. The maximum Gasteiger partial charge on any atom is 0.321 e. The van der Waals surface area contributed by atoms with E-state index < -0.39 is 11.4 Å². The molecule has 1 atom stereocenters. The van der Waals surface area contributed by atoms with Gasteiger partial charge in [-0.15, -0.1) is 0 Å². The summed E-state index contributed by atoms with van der Waals surface area (Å²) in [6, 6.07) is 4.77. The standard InChI is InChI=1S/C16H20N2O4/c1-10-8-12(4-5-13(10)11(2)19)17-15(22)18-7-6-16(3,9-18)14(20)21/h4-5,8H,6-7,9H2,1-3H3,(H,17,22)(H,20,21). The number of nitrogens with zero attached hydrogens (tertiary/aromatic N) is 1. The van der Waals surface area contributed by atoms with Crippen molar-refractivity contribution < 1.29 is 19.5 Å². The molecule has 1 aromatic carbocycles. The van der Waals surface area contributed by atoms with Gasteiger partial charge >= 0.3 is 12.0 Å². The van der Waals surface area contributed by atoms with E-state index in [0.29, 0.717) is 24.2 Å². The molecule has 1 aromatic rings. The molecule has 0 saturated carbocycles. The molecule has 0 radical (unpaired) electrons. The molecular formula is C16H20N2O4. The number of hydrogen-bond donors (Lipinski definition) is 2. The fourth-order valence-electron chi connectivity index (χ4n) is 2.65. The van der Waals surface area contributed by atoms with Crippen LogP contribution in [0.4, 0.5) is 10.5 Å². The van der Waals surface area contributed by atoms with Gasteiger partial charge in [0.25, 0.3) is 0 Å². The summed E-state index contributed by atoms with van der Waals surface area (Å²) < 4.78 is 0. The van der Waals surface area contributed by atoms with Gasteiger partial charge in [0.2, 0.25) is 0 Å². The highest BCUT2D eigenvalue weighted by Crippen LogP contribution is 2.30. The Hall–Kier alpha value is -2.37. The highest BCUT2D eigenvalue weighted by Gasteiger charge is 2.42. The van der Waals surface area contributed by atoms with Gasteiger partial charge in [-0.3, -0.25) is 9.59 Å². The maximum atomic E-state index is 12.2. The second-order valence-electron chi connectivity index (χ2n) is 6.05. The minimum absolute atomic E-state index is 0.0212. The third-order valence-corrected chi connectivity index (χ3v) is 4.13. The van der Waals surface area contributed by atoms with Crippen molar-refractivity contribution in [1.82, 2.24) is 4.90 Å². The molecule has 1 aliphatic rings. The molecule has 6 heteroatoms. The topological polar surface area (TPSA) is 86.7 Å². The van der Waals surface area contributed by atoms with Crippen molar-refractivity contribution in [3.63, 3.8) is 0 Å². The number of aryl methyl sites for hydroxylation is 1. The number of carbonyl (C=O) groups excluding carboxylic acids is 2. The molecule has 22 heavy (non-hydrogen) atoms. The van der Waals surface area contributed by atoms with Gasteiger partial charge in [0.15, 0.2) is 5.78 Å². The summed E-state index contributed by atoms with van der Waals surface area (Å²) in [4.78, 5) is 36.3. The van der Waals surface area contributed by atoms with E-state index in [2.05, 4.69) is 5.32 Å². The second kappa shape index (κ2) is 5.79. The first-order valence-electron chi connectivity index (χ1n) is 7.14. The van der Waals surface area contributed by atoms with E-state index in [0.717, 1.165) is 5.56 Å². The molecule has 0 aromatic heterocycles. The lowest BCUT2D eigenvalue weighted by Crippen LogP contribution is -2.37. The van der Waals surface area contributed by atoms with Crippen LogP contribution in [0.3, 0.4) is 0 Å². The second-order valence-corrected chi connectivity index (χ2v) is 6.05. The van der Waals surface area contributed by atoms with Crippen LogP contribution in [-0.2, 0) is 4.79 Å². The molecule has 1 unspecified atom stereocenters. The number of aliphatic carboxylic acids is 1. The number of benzene rings is 1. The Morgan fingerprint density at radius 1 is 1.32 bits per heavy atom. The van der Waals surface area contributed by atoms with Crippen LogP contribution in [0.1, 0.15) is 36.2 Å². The van der Waals surface area contributed by atoms with E-state index in [1.165, 1.54) is 11.8 Å². The van der Waals surface area contributed by atoms with Gasteiger partial charge in [-0.1, -0.05) is 0 Å². The predicted molar refractivity (Wildman–Crippen MR) is 82.1 cm³/mol. The number of nitrogens with one attached hydrogen (secondary N) is 1. The fourth-order valence-corrected chi connectivity index (χ4v) is 2.65. The Morgan fingerprint density at radius 3 is 2.50 bits per heavy atom. The number of carbonyl (C=O) groups is 3. The molecule has 118 valence electrons. The highest BCUT2D eigenvalue weighted by molar-refractivity contribution is 5.97. The normalized spacial score (nSPS) is 20.8. The Labute approximate surface area is 129 Å². The molecular weight excluding hydrogens is 284 g/mol. The van der Waals surface area contributed by atoms with Crippen LogP contribution >= 0.6 is 0 Å². The third kappa shape index (κ3) is 3.10. The minimum atomic E-state index is -0.885. The molecule has 0 spiro atoms. The first-order chi connectivity index (χ1) is 10.2. The van der Waals surface area contributed by atoms with Gasteiger partial charge in [-0.05, 0) is 51.0 Å². The third-order valence-electron chi connectivity index (χ3n) is 4.13. The van der Waals surface area contributed by atoms with Gasteiger partial charge < -0.3 is 15.3 Å². The number of carboxylic acid groups (broad SMARTS) is 1. The molecule has 1 aliphatic heterocycles. The number of amides is 2. The van der Waals surface area contributed by atoms with Crippen molar-refractivity contribution in [3.8, 4) is 0 Å². The SMILES string of the molecule is CC(=O)c1ccc(NC(=O)N2CCC(C)(C(=O)O)C2)cc1C. The zero-order valence-corrected chi connectivity index (χ0v) is 13.0. The Bertz CT molecular complexity index is 641. The summed E-state index contributed by atoms with van der Waals surface area (Å²) >= 11 is 0. The van der Waals surface area contributed by atoms with Gasteiger partial charge in [0, 0.05) is 24.3 Å². The molecule has 1 heterocycles. The molecule has 2 N–H and O–H groups in total. The summed E-state index contributed by atoms with van der Waals surface area (Å²) in [5, 5.41) is 11.9. The zero-order valence-electron chi connectivity index (χ0n) is 13.0. The Balaban J connectivity index is 2.06. The number of Topliss-reactive ketones (excluding diaryl/α,β-unsaturated/α-hetero) is 1. The van der Waals surface area contributed by atoms with Crippen molar-refractivity contribution in [3.05, 3.63) is 29.3 Å². The van der Waals surface area contributed by atoms with Gasteiger partial charge in [-0.2, -0.15) is 0 Å². The number of hydrogen-bond acceptors (Lipinski definition) is 3. The average molecular weight is 304 g/mol. The molecule has 0 aliphatic carbocycles. The smallest absolute Gasteiger partial charge is 0.321 e. The van der Waals surface area contributed by atoms with Crippen molar-refractivity contribution in [2.75, 3.05) is 18.4 Å². The maximum absolute atomic E-state index is 12.2. The fraction of sp³-hybridized carbons (Fsp3) is 0.438. The summed E-state index contributed by atoms with van der Waals surface area (Å²) in [6.45, 7) is 5.56. The summed E-state index contributed by atoms with van der Waals surface area (Å²) in [5.74, 6) is -0.906. The molecule has 6 nitrogen and oxygen atoms in total. The van der Waals surface area contributed by atoms with E-state index >= 15 is 0 Å². The van der Waals surface area contributed by atoms with Crippen LogP contribution in [0.25, 0.3) is 0 Å². The number of carboxylic acids is 1. The largest absolute Gasteiger partial charge is 0.481 e.